The molecule has 10 nitrogen and oxygen atoms in total. The van der Waals surface area contributed by atoms with Gasteiger partial charge in [-0.2, -0.15) is 0 Å². The standard InChI is InChI=1S/C35H58N4O6/c1-23(2)18-29(39(34(44)45-35(5,6)7)33(43)27(36)19-25-14-10-8-11-15-25)32(42)38-28(20-26-16-12-9-13-17-26)30(40)21-31(41)37-22-24(3)4/h8,10-11,14-15,23-24,26-30,40H,9,12-13,16-22,36H2,1-7H3,(H,37,41)(H,38,42)/t27-,28-,29-,30-/m0/s1. The van der Waals surface area contributed by atoms with Crippen molar-refractivity contribution in [1.82, 2.24) is 15.5 Å². The lowest BCUT2D eigenvalue weighted by Crippen LogP contribution is -2.60. The first kappa shape index (κ1) is 38.2. The molecule has 1 fully saturated rings. The lowest BCUT2D eigenvalue weighted by Gasteiger charge is -2.36. The second-order valence-electron chi connectivity index (χ2n) is 14.5. The topological polar surface area (TPSA) is 151 Å². The van der Waals surface area contributed by atoms with Crippen molar-refractivity contribution < 1.29 is 29.0 Å². The van der Waals surface area contributed by atoms with Gasteiger partial charge in [0, 0.05) is 6.54 Å². The van der Waals surface area contributed by atoms with Crippen LogP contribution >= 0.6 is 0 Å². The summed E-state index contributed by atoms with van der Waals surface area (Å²) >= 11 is 0. The maximum absolute atomic E-state index is 14.2. The fourth-order valence-electron chi connectivity index (χ4n) is 5.69. The van der Waals surface area contributed by atoms with Gasteiger partial charge in [0.1, 0.15) is 11.6 Å². The lowest BCUT2D eigenvalue weighted by atomic mass is 9.83. The van der Waals surface area contributed by atoms with Gasteiger partial charge < -0.3 is 26.2 Å². The third-order valence-corrected chi connectivity index (χ3v) is 7.96. The first-order valence-corrected chi connectivity index (χ1v) is 16.7. The summed E-state index contributed by atoms with van der Waals surface area (Å²) in [7, 11) is 0. The SMILES string of the molecule is CC(C)CNC(=O)C[C@H](O)[C@H](CC1CCCCC1)NC(=O)[C@H](CC(C)C)N(C(=O)OC(C)(C)C)C(=O)[C@@H](N)Cc1ccccc1. The monoisotopic (exact) mass is 630 g/mol. The van der Waals surface area contributed by atoms with Gasteiger partial charge in [0.2, 0.25) is 17.7 Å². The number of aliphatic hydroxyl groups is 1. The average Bonchev–Trinajstić information content (AvgIpc) is 2.95. The van der Waals surface area contributed by atoms with Crippen LogP contribution in [0, 0.1) is 17.8 Å². The van der Waals surface area contributed by atoms with E-state index in [1.807, 2.05) is 58.0 Å². The molecular weight excluding hydrogens is 572 g/mol. The van der Waals surface area contributed by atoms with E-state index in [4.69, 9.17) is 10.5 Å². The molecule has 1 aromatic rings. The number of ether oxygens (including phenoxy) is 1. The summed E-state index contributed by atoms with van der Waals surface area (Å²) in [5, 5.41) is 17.1. The number of carbonyl (C=O) groups excluding carboxylic acids is 4. The van der Waals surface area contributed by atoms with Crippen molar-refractivity contribution in [3.8, 4) is 0 Å². The van der Waals surface area contributed by atoms with Crippen molar-refractivity contribution in [1.29, 1.82) is 0 Å². The van der Waals surface area contributed by atoms with E-state index < -0.39 is 47.7 Å². The average molecular weight is 631 g/mol. The molecule has 1 saturated carbocycles. The highest BCUT2D eigenvalue weighted by atomic mass is 16.6. The molecule has 10 heteroatoms. The number of hydrogen-bond acceptors (Lipinski definition) is 7. The van der Waals surface area contributed by atoms with E-state index in [1.54, 1.807) is 20.8 Å². The Morgan fingerprint density at radius 2 is 1.62 bits per heavy atom. The number of aliphatic hydroxyl groups excluding tert-OH is 1. The van der Waals surface area contributed by atoms with Gasteiger partial charge in [-0.1, -0.05) is 90.1 Å². The maximum atomic E-state index is 14.2. The molecule has 0 aliphatic heterocycles. The number of amides is 4. The quantitative estimate of drug-likeness (QED) is 0.219. The largest absolute Gasteiger partial charge is 0.443 e. The fourth-order valence-corrected chi connectivity index (χ4v) is 5.69. The second-order valence-corrected chi connectivity index (χ2v) is 14.5. The van der Waals surface area contributed by atoms with Crippen LogP contribution in [-0.2, 0) is 25.5 Å². The Hall–Kier alpha value is -2.98. The summed E-state index contributed by atoms with van der Waals surface area (Å²) in [6.07, 6.45) is 3.82. The smallest absolute Gasteiger partial charge is 0.417 e. The Labute approximate surface area is 270 Å². The van der Waals surface area contributed by atoms with Crippen LogP contribution in [0.4, 0.5) is 4.79 Å². The van der Waals surface area contributed by atoms with Gasteiger partial charge in [0.15, 0.2) is 0 Å². The lowest BCUT2D eigenvalue weighted by molar-refractivity contribution is -0.142. The molecule has 0 saturated heterocycles. The zero-order chi connectivity index (χ0) is 33.7. The van der Waals surface area contributed by atoms with Gasteiger partial charge >= 0.3 is 6.09 Å². The molecule has 0 aromatic heterocycles. The third kappa shape index (κ3) is 13.9. The number of hydrogen-bond donors (Lipinski definition) is 4. The van der Waals surface area contributed by atoms with Crippen LogP contribution in [-0.4, -0.2) is 70.2 Å². The molecule has 0 spiro atoms. The Kier molecular flexibility index (Phi) is 15.5. The number of imide groups is 1. The summed E-state index contributed by atoms with van der Waals surface area (Å²) in [4.78, 5) is 55.3. The number of nitrogens with one attached hydrogen (secondary N) is 2. The summed E-state index contributed by atoms with van der Waals surface area (Å²) < 4.78 is 5.64. The normalized spacial score (nSPS) is 16.9. The Morgan fingerprint density at radius 3 is 2.18 bits per heavy atom. The molecule has 4 atom stereocenters. The molecule has 0 radical (unpaired) electrons. The van der Waals surface area contributed by atoms with Gasteiger partial charge in [-0.05, 0) is 63.4 Å². The van der Waals surface area contributed by atoms with E-state index in [2.05, 4.69) is 10.6 Å². The van der Waals surface area contributed by atoms with Crippen LogP contribution in [0.15, 0.2) is 30.3 Å². The highest BCUT2D eigenvalue weighted by Crippen LogP contribution is 2.29. The van der Waals surface area contributed by atoms with Crippen LogP contribution in [0.5, 0.6) is 0 Å². The number of carbonyl (C=O) groups is 4. The molecule has 2 rings (SSSR count). The van der Waals surface area contributed by atoms with Gasteiger partial charge in [0.05, 0.1) is 24.6 Å². The van der Waals surface area contributed by atoms with Gasteiger partial charge in [-0.15, -0.1) is 0 Å². The molecule has 0 unspecified atom stereocenters. The summed E-state index contributed by atoms with van der Waals surface area (Å²) in [6.45, 7) is 13.3. The first-order valence-electron chi connectivity index (χ1n) is 16.7. The van der Waals surface area contributed by atoms with E-state index >= 15 is 0 Å². The molecule has 1 aliphatic rings. The summed E-state index contributed by atoms with van der Waals surface area (Å²) in [6, 6.07) is 6.16. The van der Waals surface area contributed by atoms with Crippen LogP contribution in [0.25, 0.3) is 0 Å². The van der Waals surface area contributed by atoms with E-state index in [1.165, 1.54) is 0 Å². The molecule has 4 amide bonds. The first-order chi connectivity index (χ1) is 21.1. The predicted octanol–water partition coefficient (Wildman–Crippen LogP) is 4.71. The number of nitrogens with zero attached hydrogens (tertiary/aromatic N) is 1. The molecule has 0 bridgehead atoms. The van der Waals surface area contributed by atoms with E-state index in [9.17, 15) is 24.3 Å². The molecular formula is C35H58N4O6. The van der Waals surface area contributed by atoms with E-state index in [-0.39, 0.29) is 42.9 Å². The van der Waals surface area contributed by atoms with Crippen molar-refractivity contribution in [3.05, 3.63) is 35.9 Å². The molecule has 5 N–H and O–H groups in total. The van der Waals surface area contributed by atoms with Crippen molar-refractivity contribution in [2.24, 2.45) is 23.5 Å². The van der Waals surface area contributed by atoms with Crippen LogP contribution in [0.3, 0.4) is 0 Å². The Balaban J connectivity index is 2.40. The summed E-state index contributed by atoms with van der Waals surface area (Å²) in [5.41, 5.74) is 6.27. The number of benzene rings is 1. The Morgan fingerprint density at radius 1 is 1.00 bits per heavy atom. The van der Waals surface area contributed by atoms with Crippen molar-refractivity contribution >= 4 is 23.8 Å². The highest BCUT2D eigenvalue weighted by molar-refractivity contribution is 6.00. The zero-order valence-electron chi connectivity index (χ0n) is 28.5. The minimum Gasteiger partial charge on any atom is -0.443 e. The zero-order valence-corrected chi connectivity index (χ0v) is 28.5. The third-order valence-electron chi connectivity index (χ3n) is 7.96. The van der Waals surface area contributed by atoms with Crippen LogP contribution < -0.4 is 16.4 Å². The minimum absolute atomic E-state index is 0.0765. The van der Waals surface area contributed by atoms with E-state index in [0.717, 1.165) is 42.6 Å². The molecule has 1 aromatic carbocycles. The van der Waals surface area contributed by atoms with Crippen LogP contribution in [0.1, 0.15) is 105 Å². The van der Waals surface area contributed by atoms with E-state index in [0.29, 0.717) is 13.0 Å². The predicted molar refractivity (Wildman–Crippen MR) is 176 cm³/mol. The van der Waals surface area contributed by atoms with Gasteiger partial charge in [-0.25, -0.2) is 9.69 Å². The van der Waals surface area contributed by atoms with Crippen molar-refractivity contribution in [2.45, 2.75) is 136 Å². The number of nitrogens with two attached hydrogens (primary N) is 1. The minimum atomic E-state index is -1.23. The van der Waals surface area contributed by atoms with Gasteiger partial charge in [-0.3, -0.25) is 14.4 Å². The summed E-state index contributed by atoms with van der Waals surface area (Å²) in [5.74, 6) is -1.14. The maximum Gasteiger partial charge on any atom is 0.417 e. The molecule has 45 heavy (non-hydrogen) atoms. The highest BCUT2D eigenvalue weighted by Gasteiger charge is 2.41. The van der Waals surface area contributed by atoms with Crippen molar-refractivity contribution in [3.63, 3.8) is 0 Å². The molecule has 1 aliphatic carbocycles. The Bertz CT molecular complexity index is 1080. The van der Waals surface area contributed by atoms with Crippen LogP contribution in [0.2, 0.25) is 0 Å². The number of rotatable bonds is 15. The molecule has 0 heterocycles. The fraction of sp³-hybridized carbons (Fsp3) is 0.714. The second kappa shape index (κ2) is 18.2. The van der Waals surface area contributed by atoms with Gasteiger partial charge in [0.25, 0.3) is 0 Å². The van der Waals surface area contributed by atoms with Crippen molar-refractivity contribution in [2.75, 3.05) is 6.54 Å². The molecule has 254 valence electrons.